The van der Waals surface area contributed by atoms with Crippen molar-refractivity contribution in [3.05, 3.63) is 11.6 Å². The Kier molecular flexibility index (Phi) is 3.87. The first-order valence-corrected chi connectivity index (χ1v) is 7.92. The quantitative estimate of drug-likeness (QED) is 0.839. The molecule has 0 aromatic carbocycles. The molecule has 1 unspecified atom stereocenters. The molecule has 0 saturated carbocycles. The maximum atomic E-state index is 4.80. The molecule has 1 aromatic heterocycles. The third-order valence-corrected chi connectivity index (χ3v) is 4.82. The number of piperidine rings is 1. The summed E-state index contributed by atoms with van der Waals surface area (Å²) in [7, 11) is 0. The summed E-state index contributed by atoms with van der Waals surface area (Å²) >= 11 is 0. The molecular formula is C15H26N4. The summed E-state index contributed by atoms with van der Waals surface area (Å²) in [4.78, 5) is 7.35. The number of aryl methyl sites for hydroxylation is 1. The minimum Gasteiger partial charge on any atom is -0.304 e. The van der Waals surface area contributed by atoms with E-state index in [0.29, 0.717) is 5.92 Å². The topological polar surface area (TPSA) is 34.0 Å². The highest BCUT2D eigenvalue weighted by atomic mass is 15.4. The molecule has 1 saturated heterocycles. The van der Waals surface area contributed by atoms with Crippen LogP contribution in [0.25, 0.3) is 0 Å². The van der Waals surface area contributed by atoms with Gasteiger partial charge in [-0.2, -0.15) is 5.10 Å². The summed E-state index contributed by atoms with van der Waals surface area (Å²) in [6, 6.07) is 0. The van der Waals surface area contributed by atoms with Crippen LogP contribution in [0.4, 0.5) is 0 Å². The molecule has 1 aromatic rings. The fourth-order valence-electron chi connectivity index (χ4n) is 3.46. The molecule has 0 amide bonds. The van der Waals surface area contributed by atoms with Crippen LogP contribution < -0.4 is 0 Å². The predicted octanol–water partition coefficient (Wildman–Crippen LogP) is 2.45. The van der Waals surface area contributed by atoms with Gasteiger partial charge < -0.3 is 4.90 Å². The second-order valence-corrected chi connectivity index (χ2v) is 6.23. The molecule has 2 aliphatic rings. The molecule has 0 aliphatic carbocycles. The summed E-state index contributed by atoms with van der Waals surface area (Å²) in [5, 5.41) is 4.73. The van der Waals surface area contributed by atoms with Crippen molar-refractivity contribution < 1.29 is 0 Å². The fraction of sp³-hybridized carbons (Fsp3) is 0.867. The Morgan fingerprint density at radius 3 is 2.63 bits per heavy atom. The lowest BCUT2D eigenvalue weighted by Gasteiger charge is -2.30. The van der Waals surface area contributed by atoms with E-state index < -0.39 is 0 Å². The minimum atomic E-state index is 0.594. The van der Waals surface area contributed by atoms with E-state index in [4.69, 9.17) is 10.1 Å². The maximum Gasteiger partial charge on any atom is 0.151 e. The number of fused-ring (bicyclic) bond motifs is 1. The van der Waals surface area contributed by atoms with Crippen molar-refractivity contribution in [3.63, 3.8) is 0 Å². The Hall–Kier alpha value is -0.900. The van der Waals surface area contributed by atoms with Gasteiger partial charge in [0.25, 0.3) is 0 Å². The summed E-state index contributed by atoms with van der Waals surface area (Å²) in [5.41, 5.74) is 0. The molecule has 19 heavy (non-hydrogen) atoms. The number of hydrogen-bond donors (Lipinski definition) is 0. The smallest absolute Gasteiger partial charge is 0.151 e. The summed E-state index contributed by atoms with van der Waals surface area (Å²) < 4.78 is 2.16. The molecule has 3 heterocycles. The van der Waals surface area contributed by atoms with E-state index in [1.54, 1.807) is 0 Å². The van der Waals surface area contributed by atoms with Crippen molar-refractivity contribution in [2.45, 2.75) is 58.4 Å². The maximum absolute atomic E-state index is 4.80. The van der Waals surface area contributed by atoms with Gasteiger partial charge in [-0.15, -0.1) is 0 Å². The van der Waals surface area contributed by atoms with E-state index in [1.165, 1.54) is 51.1 Å². The number of nitrogens with zero attached hydrogens (tertiary/aromatic N) is 4. The molecule has 1 fully saturated rings. The lowest BCUT2D eigenvalue weighted by Crippen LogP contribution is -2.34. The Labute approximate surface area is 116 Å². The van der Waals surface area contributed by atoms with Gasteiger partial charge in [0, 0.05) is 18.9 Å². The molecule has 4 heteroatoms. The molecular weight excluding hydrogens is 236 g/mol. The largest absolute Gasteiger partial charge is 0.304 e. The van der Waals surface area contributed by atoms with Gasteiger partial charge in [0.15, 0.2) is 5.82 Å². The van der Waals surface area contributed by atoms with Gasteiger partial charge in [-0.1, -0.05) is 13.8 Å². The molecule has 106 valence electrons. The van der Waals surface area contributed by atoms with Gasteiger partial charge >= 0.3 is 0 Å². The third kappa shape index (κ3) is 2.83. The predicted molar refractivity (Wildman–Crippen MR) is 76.2 cm³/mol. The highest BCUT2D eigenvalue weighted by Crippen LogP contribution is 2.26. The fourth-order valence-corrected chi connectivity index (χ4v) is 3.46. The van der Waals surface area contributed by atoms with Crippen molar-refractivity contribution in [2.24, 2.45) is 5.92 Å². The standard InChI is InChI=1S/C15H26N4/c1-3-18-9-6-13(7-10-18)11-14-16-15-12(2)5-4-8-19(15)17-14/h12-13H,3-11H2,1-2H3. The van der Waals surface area contributed by atoms with E-state index >= 15 is 0 Å². The SMILES string of the molecule is CCN1CCC(Cc2nc3n(n2)CCCC3C)CC1. The van der Waals surface area contributed by atoms with Crippen LogP contribution in [0.2, 0.25) is 0 Å². The summed E-state index contributed by atoms with van der Waals surface area (Å²) in [6.07, 6.45) is 6.24. The van der Waals surface area contributed by atoms with Gasteiger partial charge in [-0.05, 0) is 51.2 Å². The first kappa shape index (κ1) is 13.1. The number of rotatable bonds is 3. The molecule has 1 atom stereocenters. The molecule has 0 N–H and O–H groups in total. The van der Waals surface area contributed by atoms with E-state index in [0.717, 1.165) is 24.7 Å². The minimum absolute atomic E-state index is 0.594. The highest BCUT2D eigenvalue weighted by molar-refractivity contribution is 5.02. The van der Waals surface area contributed by atoms with Crippen LogP contribution in [0.3, 0.4) is 0 Å². The zero-order chi connectivity index (χ0) is 13.2. The van der Waals surface area contributed by atoms with Gasteiger partial charge in [-0.25, -0.2) is 9.67 Å². The van der Waals surface area contributed by atoms with Gasteiger partial charge in [-0.3, -0.25) is 0 Å². The van der Waals surface area contributed by atoms with E-state index in [-0.39, 0.29) is 0 Å². The van der Waals surface area contributed by atoms with E-state index in [9.17, 15) is 0 Å². The Morgan fingerprint density at radius 1 is 1.16 bits per heavy atom. The molecule has 3 rings (SSSR count). The van der Waals surface area contributed by atoms with E-state index in [2.05, 4.69) is 23.4 Å². The third-order valence-electron chi connectivity index (χ3n) is 4.82. The van der Waals surface area contributed by atoms with Crippen molar-refractivity contribution >= 4 is 0 Å². The zero-order valence-electron chi connectivity index (χ0n) is 12.3. The second-order valence-electron chi connectivity index (χ2n) is 6.23. The van der Waals surface area contributed by atoms with Gasteiger partial charge in [0.2, 0.25) is 0 Å². The Bertz CT molecular complexity index is 418. The molecule has 0 spiro atoms. The first-order chi connectivity index (χ1) is 9.26. The van der Waals surface area contributed by atoms with Crippen LogP contribution in [-0.4, -0.2) is 39.3 Å². The lowest BCUT2D eigenvalue weighted by atomic mass is 9.93. The van der Waals surface area contributed by atoms with Gasteiger partial charge in [0.05, 0.1) is 0 Å². The number of hydrogen-bond acceptors (Lipinski definition) is 3. The zero-order valence-corrected chi connectivity index (χ0v) is 12.3. The van der Waals surface area contributed by atoms with Crippen molar-refractivity contribution in [3.8, 4) is 0 Å². The number of likely N-dealkylation sites (tertiary alicyclic amines) is 1. The Morgan fingerprint density at radius 2 is 1.95 bits per heavy atom. The summed E-state index contributed by atoms with van der Waals surface area (Å²) in [6.45, 7) is 9.31. The molecule has 0 bridgehead atoms. The normalized spacial score (nSPS) is 25.5. The van der Waals surface area contributed by atoms with Crippen LogP contribution in [-0.2, 0) is 13.0 Å². The molecule has 2 aliphatic heterocycles. The van der Waals surface area contributed by atoms with E-state index in [1.807, 2.05) is 0 Å². The number of aromatic nitrogens is 3. The second kappa shape index (κ2) is 5.61. The first-order valence-electron chi connectivity index (χ1n) is 7.92. The lowest BCUT2D eigenvalue weighted by molar-refractivity contribution is 0.191. The average molecular weight is 262 g/mol. The molecule has 4 nitrogen and oxygen atoms in total. The van der Waals surface area contributed by atoms with Crippen LogP contribution in [0.1, 0.15) is 57.1 Å². The van der Waals surface area contributed by atoms with Crippen LogP contribution in [0, 0.1) is 5.92 Å². The van der Waals surface area contributed by atoms with Crippen LogP contribution in [0.5, 0.6) is 0 Å². The Balaban J connectivity index is 1.61. The van der Waals surface area contributed by atoms with Gasteiger partial charge in [0.1, 0.15) is 5.82 Å². The van der Waals surface area contributed by atoms with Crippen LogP contribution in [0.15, 0.2) is 0 Å². The van der Waals surface area contributed by atoms with Crippen molar-refractivity contribution in [1.82, 2.24) is 19.7 Å². The summed E-state index contributed by atoms with van der Waals surface area (Å²) in [5.74, 6) is 3.71. The monoisotopic (exact) mass is 262 g/mol. The van der Waals surface area contributed by atoms with Crippen molar-refractivity contribution in [1.29, 1.82) is 0 Å². The van der Waals surface area contributed by atoms with Crippen LogP contribution >= 0.6 is 0 Å². The molecule has 0 radical (unpaired) electrons. The average Bonchev–Trinajstić information content (AvgIpc) is 2.84. The highest BCUT2D eigenvalue weighted by Gasteiger charge is 2.23. The van der Waals surface area contributed by atoms with Crippen molar-refractivity contribution in [2.75, 3.05) is 19.6 Å².